The van der Waals surface area contributed by atoms with Gasteiger partial charge in [-0.25, -0.2) is 10.1 Å². The fraction of sp³-hybridized carbons (Fsp3) is 0.250. The number of nitrogens with zero attached hydrogens (tertiary/aromatic N) is 2. The maximum atomic E-state index is 10.4. The molecule has 6 heteroatoms. The normalized spacial score (nSPS) is 9.80. The number of hydrogen-bond acceptors (Lipinski definition) is 3. The van der Waals surface area contributed by atoms with Crippen molar-refractivity contribution in [2.24, 2.45) is 10.7 Å². The zero-order valence-electron chi connectivity index (χ0n) is 5.38. The van der Waals surface area contributed by atoms with Gasteiger partial charge in [0.05, 0.1) is 0 Å². The number of guanidine groups is 1. The average Bonchev–Trinajstić information content (AvgIpc) is 1.88. The third-order valence-electron chi connectivity index (χ3n) is 0.652. The quantitative estimate of drug-likeness (QED) is 0.169. The first-order chi connectivity index (χ1) is 4.70. The van der Waals surface area contributed by atoms with E-state index in [1.165, 1.54) is 13.2 Å². The third-order valence-corrected chi connectivity index (χ3v) is 0.652. The van der Waals surface area contributed by atoms with Crippen LogP contribution in [0.25, 0.3) is 0 Å². The fourth-order valence-corrected chi connectivity index (χ4v) is 0.254. The first-order valence-electron chi connectivity index (χ1n) is 2.39. The van der Waals surface area contributed by atoms with E-state index in [2.05, 4.69) is 10.3 Å². The van der Waals surface area contributed by atoms with Gasteiger partial charge >= 0.3 is 6.03 Å². The number of hydrogen-bond donors (Lipinski definition) is 3. The van der Waals surface area contributed by atoms with Gasteiger partial charge in [-0.05, 0) is 0 Å². The molecule has 0 aromatic carbocycles. The summed E-state index contributed by atoms with van der Waals surface area (Å²) in [5.74, 6) is -0.0345. The maximum Gasteiger partial charge on any atom is 0.334 e. The lowest BCUT2D eigenvalue weighted by atomic mass is 10.8. The number of rotatable bonds is 0. The van der Waals surface area contributed by atoms with E-state index in [4.69, 9.17) is 11.0 Å². The minimum atomic E-state index is -0.689. The van der Waals surface area contributed by atoms with Gasteiger partial charge in [0.1, 0.15) is 0 Å². The van der Waals surface area contributed by atoms with E-state index in [1.54, 1.807) is 5.32 Å². The average molecular weight is 141 g/mol. The van der Waals surface area contributed by atoms with Crippen LogP contribution >= 0.6 is 0 Å². The van der Waals surface area contributed by atoms with E-state index in [0.29, 0.717) is 0 Å². The number of nitrogens with one attached hydrogen (secondary N) is 2. The minimum Gasteiger partial charge on any atom is -0.370 e. The van der Waals surface area contributed by atoms with Crippen LogP contribution in [0.5, 0.6) is 0 Å². The predicted octanol–water partition coefficient (Wildman–Crippen LogP) is -1.29. The summed E-state index contributed by atoms with van der Waals surface area (Å²) in [7, 11) is 1.42. The van der Waals surface area contributed by atoms with Crippen LogP contribution in [-0.4, -0.2) is 19.0 Å². The van der Waals surface area contributed by atoms with E-state index in [-0.39, 0.29) is 5.96 Å². The standard InChI is InChI=1S/C4H7N5O/c1-7-3(6)9-4(10)8-2-5/h1H3,(H4,6,7,8,9,10). The van der Waals surface area contributed by atoms with Crippen LogP contribution in [0.15, 0.2) is 4.99 Å². The highest BCUT2D eigenvalue weighted by Crippen LogP contribution is 1.61. The van der Waals surface area contributed by atoms with E-state index in [9.17, 15) is 4.79 Å². The molecule has 0 aliphatic carbocycles. The molecule has 4 N–H and O–H groups in total. The van der Waals surface area contributed by atoms with Crippen molar-refractivity contribution in [1.29, 1.82) is 5.26 Å². The summed E-state index contributed by atoms with van der Waals surface area (Å²) < 4.78 is 0. The Morgan fingerprint density at radius 1 is 1.80 bits per heavy atom. The van der Waals surface area contributed by atoms with Crippen LogP contribution in [0, 0.1) is 11.5 Å². The Bertz CT molecular complexity index is 190. The molecular formula is C4H7N5O. The fourth-order valence-electron chi connectivity index (χ4n) is 0.254. The summed E-state index contributed by atoms with van der Waals surface area (Å²) in [6, 6.07) is -0.689. The molecule has 0 aromatic heterocycles. The number of carbonyl (C=O) groups is 1. The number of carbonyl (C=O) groups excluding carboxylic acids is 1. The Hall–Kier alpha value is -1.77. The summed E-state index contributed by atoms with van der Waals surface area (Å²) in [5.41, 5.74) is 5.07. The van der Waals surface area contributed by atoms with Crippen LogP contribution in [0.4, 0.5) is 4.79 Å². The monoisotopic (exact) mass is 141 g/mol. The van der Waals surface area contributed by atoms with Crippen molar-refractivity contribution >= 4 is 12.0 Å². The Morgan fingerprint density at radius 2 is 2.40 bits per heavy atom. The number of nitriles is 1. The predicted molar refractivity (Wildman–Crippen MR) is 34.8 cm³/mol. The maximum absolute atomic E-state index is 10.4. The van der Waals surface area contributed by atoms with E-state index in [0.717, 1.165) is 0 Å². The van der Waals surface area contributed by atoms with E-state index in [1.807, 2.05) is 0 Å². The van der Waals surface area contributed by atoms with Crippen LogP contribution in [-0.2, 0) is 0 Å². The molecule has 0 saturated heterocycles. The molecule has 0 fully saturated rings. The summed E-state index contributed by atoms with van der Waals surface area (Å²) in [6.07, 6.45) is 1.42. The van der Waals surface area contributed by atoms with Crippen LogP contribution in [0.2, 0.25) is 0 Å². The molecule has 0 unspecified atom stereocenters. The molecule has 0 saturated carbocycles. The lowest BCUT2D eigenvalue weighted by Crippen LogP contribution is -2.41. The molecule has 0 radical (unpaired) electrons. The van der Waals surface area contributed by atoms with E-state index >= 15 is 0 Å². The Morgan fingerprint density at radius 3 is 2.80 bits per heavy atom. The molecule has 0 rings (SSSR count). The second kappa shape index (κ2) is 4.14. The highest BCUT2D eigenvalue weighted by atomic mass is 16.2. The largest absolute Gasteiger partial charge is 0.370 e. The van der Waals surface area contributed by atoms with Crippen molar-refractivity contribution in [1.82, 2.24) is 10.6 Å². The van der Waals surface area contributed by atoms with Gasteiger partial charge in [0, 0.05) is 7.05 Å². The second-order valence-electron chi connectivity index (χ2n) is 1.30. The zero-order valence-corrected chi connectivity index (χ0v) is 5.38. The van der Waals surface area contributed by atoms with Crippen LogP contribution in [0.1, 0.15) is 0 Å². The highest BCUT2D eigenvalue weighted by molar-refractivity contribution is 5.95. The van der Waals surface area contributed by atoms with Crippen molar-refractivity contribution in [3.63, 3.8) is 0 Å². The molecule has 54 valence electrons. The lowest BCUT2D eigenvalue weighted by molar-refractivity contribution is 0.249. The molecule has 0 bridgehead atoms. The van der Waals surface area contributed by atoms with Crippen molar-refractivity contribution < 1.29 is 4.79 Å². The van der Waals surface area contributed by atoms with Crippen LogP contribution < -0.4 is 16.4 Å². The van der Waals surface area contributed by atoms with Gasteiger partial charge in [0.15, 0.2) is 12.2 Å². The first-order valence-corrected chi connectivity index (χ1v) is 2.39. The van der Waals surface area contributed by atoms with Gasteiger partial charge in [-0.3, -0.25) is 10.3 Å². The molecule has 0 spiro atoms. The first kappa shape index (κ1) is 8.23. The molecular weight excluding hydrogens is 134 g/mol. The second-order valence-corrected chi connectivity index (χ2v) is 1.30. The van der Waals surface area contributed by atoms with Gasteiger partial charge < -0.3 is 5.73 Å². The smallest absolute Gasteiger partial charge is 0.334 e. The molecule has 0 atom stereocenters. The zero-order chi connectivity index (χ0) is 7.98. The Labute approximate surface area is 57.7 Å². The summed E-state index contributed by atoms with van der Waals surface area (Å²) in [5, 5.41) is 11.8. The van der Waals surface area contributed by atoms with Gasteiger partial charge in [-0.15, -0.1) is 0 Å². The third kappa shape index (κ3) is 3.26. The van der Waals surface area contributed by atoms with Crippen molar-refractivity contribution in [2.45, 2.75) is 0 Å². The molecule has 0 aliphatic rings. The van der Waals surface area contributed by atoms with Gasteiger partial charge in [-0.2, -0.15) is 5.26 Å². The highest BCUT2D eigenvalue weighted by Gasteiger charge is 1.97. The van der Waals surface area contributed by atoms with Crippen molar-refractivity contribution in [3.05, 3.63) is 0 Å². The number of nitrogens with two attached hydrogens (primary N) is 1. The van der Waals surface area contributed by atoms with Crippen molar-refractivity contribution in [2.75, 3.05) is 7.05 Å². The van der Waals surface area contributed by atoms with Crippen molar-refractivity contribution in [3.8, 4) is 6.19 Å². The topological polar surface area (TPSA) is 103 Å². The molecule has 0 aromatic rings. The molecule has 0 heterocycles. The Kier molecular flexibility index (Phi) is 3.41. The van der Waals surface area contributed by atoms with E-state index < -0.39 is 6.03 Å². The number of amides is 2. The molecule has 6 nitrogen and oxygen atoms in total. The number of aliphatic imine (C=N–C) groups is 1. The SMILES string of the molecule is CN=C(N)NC(=O)NC#N. The molecule has 2 amide bonds. The van der Waals surface area contributed by atoms with Gasteiger partial charge in [0.25, 0.3) is 0 Å². The summed E-state index contributed by atoms with van der Waals surface area (Å²) >= 11 is 0. The minimum absolute atomic E-state index is 0.0345. The summed E-state index contributed by atoms with van der Waals surface area (Å²) in [4.78, 5) is 13.8. The molecule has 0 aliphatic heterocycles. The Balaban J connectivity index is 3.71. The van der Waals surface area contributed by atoms with Gasteiger partial charge in [-0.1, -0.05) is 0 Å². The number of urea groups is 1. The van der Waals surface area contributed by atoms with Gasteiger partial charge in [0.2, 0.25) is 0 Å². The lowest BCUT2D eigenvalue weighted by Gasteiger charge is -1.98. The van der Waals surface area contributed by atoms with Crippen LogP contribution in [0.3, 0.4) is 0 Å². The molecule has 10 heavy (non-hydrogen) atoms. The summed E-state index contributed by atoms with van der Waals surface area (Å²) in [6.45, 7) is 0.